The molecule has 0 spiro atoms. The molecular formula is C18H28N2O2. The molecule has 22 heavy (non-hydrogen) atoms. The maximum atomic E-state index is 12.4. The monoisotopic (exact) mass is 304 g/mol. The van der Waals surface area contributed by atoms with E-state index >= 15 is 0 Å². The molecule has 0 aromatic heterocycles. The summed E-state index contributed by atoms with van der Waals surface area (Å²) in [6.07, 6.45) is 2.12. The number of nitrogens with zero attached hydrogens (tertiary/aromatic N) is 1. The third-order valence-electron chi connectivity index (χ3n) is 4.42. The Morgan fingerprint density at radius 2 is 2.23 bits per heavy atom. The molecule has 4 nitrogen and oxygen atoms in total. The fourth-order valence-electron chi connectivity index (χ4n) is 3.17. The second kappa shape index (κ2) is 7.75. The number of nitrogens with one attached hydrogen (secondary N) is 1. The molecule has 1 fully saturated rings. The topological polar surface area (TPSA) is 52.6 Å². The van der Waals surface area contributed by atoms with Crippen LogP contribution in [0.25, 0.3) is 0 Å². The second-order valence-electron chi connectivity index (χ2n) is 6.67. The fourth-order valence-corrected chi connectivity index (χ4v) is 3.17. The summed E-state index contributed by atoms with van der Waals surface area (Å²) in [4.78, 5) is 14.5. The van der Waals surface area contributed by atoms with E-state index in [-0.39, 0.29) is 12.5 Å². The quantitative estimate of drug-likeness (QED) is 0.879. The summed E-state index contributed by atoms with van der Waals surface area (Å²) in [6.45, 7) is 8.69. The van der Waals surface area contributed by atoms with Gasteiger partial charge in [-0.2, -0.15) is 0 Å². The molecule has 1 saturated heterocycles. The van der Waals surface area contributed by atoms with E-state index in [1.54, 1.807) is 0 Å². The molecule has 0 saturated carbocycles. The van der Waals surface area contributed by atoms with Crippen molar-refractivity contribution in [3.05, 3.63) is 29.3 Å². The van der Waals surface area contributed by atoms with Crippen LogP contribution in [-0.4, -0.2) is 42.2 Å². The predicted octanol–water partition coefficient (Wildman–Crippen LogP) is 2.76. The standard InChI is InChI=1S/C18H28N2O2/c1-13(2)16-8-4-6-14(3)18(16)19-17(22)11-20-9-5-7-15(10-20)12-21/h4,6,8,13,15,21H,5,7,9-12H2,1-3H3,(H,19,22). The fraction of sp³-hybridized carbons (Fsp3) is 0.611. The third kappa shape index (κ3) is 4.31. The minimum atomic E-state index is 0.0368. The van der Waals surface area contributed by atoms with Crippen molar-refractivity contribution in [1.82, 2.24) is 4.90 Å². The SMILES string of the molecule is Cc1cccc(C(C)C)c1NC(=O)CN1CCCC(CO)C1. The van der Waals surface area contributed by atoms with Crippen LogP contribution in [0.5, 0.6) is 0 Å². The van der Waals surface area contributed by atoms with E-state index in [1.807, 2.05) is 19.1 Å². The summed E-state index contributed by atoms with van der Waals surface area (Å²) < 4.78 is 0. The van der Waals surface area contributed by atoms with Gasteiger partial charge < -0.3 is 10.4 Å². The Morgan fingerprint density at radius 3 is 2.91 bits per heavy atom. The molecule has 1 aliphatic heterocycles. The highest BCUT2D eigenvalue weighted by Crippen LogP contribution is 2.27. The van der Waals surface area contributed by atoms with E-state index in [4.69, 9.17) is 0 Å². The van der Waals surface area contributed by atoms with Crippen molar-refractivity contribution < 1.29 is 9.90 Å². The molecule has 1 heterocycles. The van der Waals surface area contributed by atoms with Gasteiger partial charge in [0.25, 0.3) is 0 Å². The van der Waals surface area contributed by atoms with Gasteiger partial charge >= 0.3 is 0 Å². The van der Waals surface area contributed by atoms with Gasteiger partial charge in [0.15, 0.2) is 0 Å². The van der Waals surface area contributed by atoms with Gasteiger partial charge in [-0.05, 0) is 49.3 Å². The molecule has 1 aromatic carbocycles. The van der Waals surface area contributed by atoms with E-state index in [0.717, 1.165) is 37.2 Å². The summed E-state index contributed by atoms with van der Waals surface area (Å²) in [6, 6.07) is 6.15. The Morgan fingerprint density at radius 1 is 1.45 bits per heavy atom. The molecule has 1 amide bonds. The van der Waals surface area contributed by atoms with E-state index in [2.05, 4.69) is 30.1 Å². The van der Waals surface area contributed by atoms with Crippen LogP contribution in [0.3, 0.4) is 0 Å². The van der Waals surface area contributed by atoms with Gasteiger partial charge in [-0.1, -0.05) is 32.0 Å². The zero-order valence-corrected chi connectivity index (χ0v) is 13.9. The Hall–Kier alpha value is -1.39. The summed E-state index contributed by atoms with van der Waals surface area (Å²) in [5, 5.41) is 12.4. The van der Waals surface area contributed by atoms with Gasteiger partial charge in [0.05, 0.1) is 6.54 Å². The lowest BCUT2D eigenvalue weighted by Gasteiger charge is -2.31. The highest BCUT2D eigenvalue weighted by atomic mass is 16.3. The number of hydrogen-bond donors (Lipinski definition) is 2. The number of anilines is 1. The summed E-state index contributed by atoms with van der Waals surface area (Å²) in [5.41, 5.74) is 3.24. The van der Waals surface area contributed by atoms with Crippen molar-refractivity contribution in [2.75, 3.05) is 31.6 Å². The van der Waals surface area contributed by atoms with Crippen LogP contribution in [0.15, 0.2) is 18.2 Å². The van der Waals surface area contributed by atoms with Crippen LogP contribution in [0.1, 0.15) is 43.7 Å². The molecule has 0 radical (unpaired) electrons. The normalized spacial score (nSPS) is 19.4. The minimum absolute atomic E-state index is 0.0368. The van der Waals surface area contributed by atoms with Crippen LogP contribution in [0.4, 0.5) is 5.69 Å². The van der Waals surface area contributed by atoms with Crippen LogP contribution < -0.4 is 5.32 Å². The Balaban J connectivity index is 2.00. The number of aliphatic hydroxyl groups excluding tert-OH is 1. The number of piperidine rings is 1. The number of hydrogen-bond acceptors (Lipinski definition) is 3. The Kier molecular flexibility index (Phi) is 5.98. The van der Waals surface area contributed by atoms with Crippen LogP contribution in [0, 0.1) is 12.8 Å². The van der Waals surface area contributed by atoms with Gasteiger partial charge in [-0.15, -0.1) is 0 Å². The number of carbonyl (C=O) groups excluding carboxylic acids is 1. The van der Waals surface area contributed by atoms with Gasteiger partial charge in [0, 0.05) is 18.8 Å². The highest BCUT2D eigenvalue weighted by molar-refractivity contribution is 5.93. The van der Waals surface area contributed by atoms with E-state index in [9.17, 15) is 9.90 Å². The number of aliphatic hydroxyl groups is 1. The lowest BCUT2D eigenvalue weighted by Crippen LogP contribution is -2.41. The lowest BCUT2D eigenvalue weighted by atomic mass is 9.98. The first-order valence-corrected chi connectivity index (χ1v) is 8.23. The molecular weight excluding hydrogens is 276 g/mol. The zero-order valence-electron chi connectivity index (χ0n) is 13.9. The minimum Gasteiger partial charge on any atom is -0.396 e. The van der Waals surface area contributed by atoms with Crippen molar-refractivity contribution in [2.45, 2.75) is 39.5 Å². The first-order valence-electron chi connectivity index (χ1n) is 8.23. The molecule has 4 heteroatoms. The largest absolute Gasteiger partial charge is 0.396 e. The van der Waals surface area contributed by atoms with Crippen molar-refractivity contribution in [1.29, 1.82) is 0 Å². The molecule has 1 atom stereocenters. The van der Waals surface area contributed by atoms with Crippen LogP contribution in [0.2, 0.25) is 0 Å². The number of aryl methyl sites for hydroxylation is 1. The predicted molar refractivity (Wildman–Crippen MR) is 90.1 cm³/mol. The molecule has 2 N–H and O–H groups in total. The highest BCUT2D eigenvalue weighted by Gasteiger charge is 2.21. The van der Waals surface area contributed by atoms with Crippen LogP contribution in [-0.2, 0) is 4.79 Å². The molecule has 1 aliphatic rings. The number of carbonyl (C=O) groups is 1. The number of para-hydroxylation sites is 1. The van der Waals surface area contributed by atoms with E-state index in [1.165, 1.54) is 5.56 Å². The number of rotatable bonds is 5. The van der Waals surface area contributed by atoms with E-state index in [0.29, 0.717) is 18.4 Å². The molecule has 1 unspecified atom stereocenters. The summed E-state index contributed by atoms with van der Waals surface area (Å²) in [7, 11) is 0. The average Bonchev–Trinajstić information content (AvgIpc) is 2.49. The summed E-state index contributed by atoms with van der Waals surface area (Å²) >= 11 is 0. The first-order chi connectivity index (χ1) is 10.5. The van der Waals surface area contributed by atoms with Gasteiger partial charge in [0.1, 0.15) is 0 Å². The van der Waals surface area contributed by atoms with Crippen molar-refractivity contribution >= 4 is 11.6 Å². The van der Waals surface area contributed by atoms with Gasteiger partial charge in [-0.25, -0.2) is 0 Å². The number of likely N-dealkylation sites (tertiary alicyclic amines) is 1. The first kappa shape index (κ1) is 17.0. The van der Waals surface area contributed by atoms with Gasteiger partial charge in [-0.3, -0.25) is 9.69 Å². The Labute approximate surface area is 133 Å². The molecule has 1 aromatic rings. The van der Waals surface area contributed by atoms with Crippen molar-refractivity contribution in [2.24, 2.45) is 5.92 Å². The van der Waals surface area contributed by atoms with Crippen molar-refractivity contribution in [3.63, 3.8) is 0 Å². The average molecular weight is 304 g/mol. The number of benzene rings is 1. The molecule has 2 rings (SSSR count). The zero-order chi connectivity index (χ0) is 16.1. The Bertz CT molecular complexity index is 514. The maximum absolute atomic E-state index is 12.4. The maximum Gasteiger partial charge on any atom is 0.238 e. The number of amides is 1. The second-order valence-corrected chi connectivity index (χ2v) is 6.67. The lowest BCUT2D eigenvalue weighted by molar-refractivity contribution is -0.117. The summed E-state index contributed by atoms with van der Waals surface area (Å²) in [5.74, 6) is 0.727. The van der Waals surface area contributed by atoms with Crippen molar-refractivity contribution in [3.8, 4) is 0 Å². The van der Waals surface area contributed by atoms with E-state index < -0.39 is 0 Å². The van der Waals surface area contributed by atoms with Gasteiger partial charge in [0.2, 0.25) is 5.91 Å². The molecule has 0 aliphatic carbocycles. The molecule has 122 valence electrons. The van der Waals surface area contributed by atoms with Crippen LogP contribution >= 0.6 is 0 Å². The smallest absolute Gasteiger partial charge is 0.238 e. The molecule has 0 bridgehead atoms. The third-order valence-corrected chi connectivity index (χ3v) is 4.42.